The predicted molar refractivity (Wildman–Crippen MR) is 216 cm³/mol. The Morgan fingerprint density at radius 2 is 1.58 bits per heavy atom. The van der Waals surface area contributed by atoms with Crippen molar-refractivity contribution in [2.45, 2.75) is 134 Å². The highest BCUT2D eigenvalue weighted by molar-refractivity contribution is 5.94. The molecule has 1 spiro atoms. The van der Waals surface area contributed by atoms with Crippen molar-refractivity contribution >= 4 is 35.9 Å². The van der Waals surface area contributed by atoms with Crippen molar-refractivity contribution < 1.29 is 72.1 Å². The van der Waals surface area contributed by atoms with Gasteiger partial charge in [-0.15, -0.1) is 0 Å². The zero-order valence-electron chi connectivity index (χ0n) is 36.3. The van der Waals surface area contributed by atoms with Crippen LogP contribution < -0.4 is 5.32 Å². The topological polar surface area (TPSA) is 220 Å². The molecule has 4 aliphatic carbocycles. The van der Waals surface area contributed by atoms with Crippen LogP contribution in [0.4, 0.5) is 9.59 Å². The van der Waals surface area contributed by atoms with Crippen LogP contribution >= 0.6 is 0 Å². The first-order valence-corrected chi connectivity index (χ1v) is 20.8. The van der Waals surface area contributed by atoms with Crippen molar-refractivity contribution in [1.29, 1.82) is 0 Å². The summed E-state index contributed by atoms with van der Waals surface area (Å²) in [6, 6.07) is 14.7. The molecule has 1 saturated heterocycles. The lowest BCUT2D eigenvalue weighted by Gasteiger charge is -2.68. The standard InChI is InChI=1S/C46H55NO15/c1-23-29-33(56-9)35(51)44(8)28(49)22-27-20-21-45(27,60-24(2)48)34(44)37(58-38(52)26-18-14-11-15-19-26)46(43(29,6)7)36(59-41(55)62-46)32(23)57-39(53)31(50)30(25-16-12-10-13-17-25)47-40(54)61-42(3,4)5/h10-19,27-28,30-34,36-37,49-50H,20-22H2,1-9H3,(H,47,54)/t27-,28+,30+,31-,32-,33-,34+,36+,37+,44-,45+,46-/m1/s1. The van der Waals surface area contributed by atoms with Crippen molar-refractivity contribution in [3.63, 3.8) is 0 Å². The summed E-state index contributed by atoms with van der Waals surface area (Å²) in [5.74, 6) is -5.44. The van der Waals surface area contributed by atoms with Crippen LogP contribution in [0.15, 0.2) is 71.8 Å². The third-order valence-electron chi connectivity index (χ3n) is 13.8. The van der Waals surface area contributed by atoms with Crippen molar-refractivity contribution in [2.24, 2.45) is 22.7 Å². The summed E-state index contributed by atoms with van der Waals surface area (Å²) >= 11 is 0. The Kier molecular flexibility index (Phi) is 11.4. The number of carbonyl (C=O) groups excluding carboxylic acids is 6. The number of ether oxygens (including phenoxy) is 7. The first kappa shape index (κ1) is 44.7. The van der Waals surface area contributed by atoms with E-state index in [2.05, 4.69) is 5.32 Å². The highest BCUT2D eigenvalue weighted by atomic mass is 16.8. The van der Waals surface area contributed by atoms with E-state index in [1.165, 1.54) is 33.1 Å². The van der Waals surface area contributed by atoms with Crippen LogP contribution in [0.1, 0.15) is 96.6 Å². The van der Waals surface area contributed by atoms with Gasteiger partial charge in [0, 0.05) is 25.4 Å². The Balaban J connectivity index is 1.44. The molecule has 5 aliphatic rings. The largest absolute Gasteiger partial charge is 0.509 e. The normalized spacial score (nSPS) is 34.1. The fraction of sp³-hybridized carbons (Fsp3) is 0.565. The number of amides is 1. The molecular formula is C46H55NO15. The van der Waals surface area contributed by atoms with E-state index in [9.17, 15) is 34.2 Å². The van der Waals surface area contributed by atoms with Crippen LogP contribution in [-0.4, -0.2) is 107 Å². The molecule has 0 radical (unpaired) electrons. The lowest BCUT2D eigenvalue weighted by molar-refractivity contribution is -0.296. The van der Waals surface area contributed by atoms with Crippen LogP contribution in [0.2, 0.25) is 0 Å². The van der Waals surface area contributed by atoms with Gasteiger partial charge in [0.2, 0.25) is 5.60 Å². The number of aliphatic hydroxyl groups is 2. The predicted octanol–water partition coefficient (Wildman–Crippen LogP) is 5.08. The summed E-state index contributed by atoms with van der Waals surface area (Å²) in [5, 5.41) is 26.6. The van der Waals surface area contributed by atoms with E-state index in [-0.39, 0.29) is 29.6 Å². The van der Waals surface area contributed by atoms with Crippen molar-refractivity contribution in [3.8, 4) is 0 Å². The van der Waals surface area contributed by atoms with Gasteiger partial charge in [-0.3, -0.25) is 9.59 Å². The van der Waals surface area contributed by atoms with E-state index in [0.29, 0.717) is 12.0 Å². The summed E-state index contributed by atoms with van der Waals surface area (Å²) in [5.41, 5.74) is -7.37. The van der Waals surface area contributed by atoms with Crippen LogP contribution in [0.3, 0.4) is 0 Å². The maximum Gasteiger partial charge on any atom is 0.509 e. The van der Waals surface area contributed by atoms with Crippen molar-refractivity contribution in [2.75, 3.05) is 7.11 Å². The number of fused-ring (bicyclic) bond motifs is 4. The number of benzene rings is 2. The minimum absolute atomic E-state index is 0.0496. The van der Waals surface area contributed by atoms with Crippen molar-refractivity contribution in [1.82, 2.24) is 5.32 Å². The molecule has 7 rings (SSSR count). The minimum Gasteiger partial charge on any atom is -0.458 e. The van der Waals surface area contributed by atoms with Gasteiger partial charge >= 0.3 is 30.2 Å². The monoisotopic (exact) mass is 861 g/mol. The van der Waals surface area contributed by atoms with Gasteiger partial charge in [0.25, 0.3) is 0 Å². The molecule has 62 heavy (non-hydrogen) atoms. The zero-order chi connectivity index (χ0) is 45.3. The molecule has 16 heteroatoms. The fourth-order valence-electron chi connectivity index (χ4n) is 11.0. The van der Waals surface area contributed by atoms with E-state index >= 15 is 4.79 Å². The smallest absolute Gasteiger partial charge is 0.458 e. The van der Waals surface area contributed by atoms with E-state index in [1.807, 2.05) is 0 Å². The van der Waals surface area contributed by atoms with E-state index in [0.717, 1.165) is 0 Å². The molecule has 12 atom stereocenters. The average Bonchev–Trinajstić information content (AvgIpc) is 3.57. The molecule has 3 saturated carbocycles. The summed E-state index contributed by atoms with van der Waals surface area (Å²) in [6.07, 6.45) is -11.5. The molecule has 1 heterocycles. The summed E-state index contributed by atoms with van der Waals surface area (Å²) in [7, 11) is 1.29. The second-order valence-corrected chi connectivity index (χ2v) is 18.7. The maximum atomic E-state index is 15.5. The van der Waals surface area contributed by atoms with Gasteiger partial charge in [-0.05, 0) is 82.7 Å². The molecule has 1 amide bonds. The molecule has 1 aliphatic heterocycles. The molecule has 16 nitrogen and oxygen atoms in total. The molecule has 0 aromatic heterocycles. The minimum atomic E-state index is -2.21. The second kappa shape index (κ2) is 15.8. The number of hydrogen-bond acceptors (Lipinski definition) is 15. The molecule has 0 unspecified atom stereocenters. The van der Waals surface area contributed by atoms with Crippen LogP contribution in [-0.2, 0) is 47.5 Å². The number of rotatable bonds is 9. The SMILES string of the molecule is CO[C@H]1C(=O)[C@@]2(C)[C@H]([C@H](OC(=O)c3ccccc3)[C@]34OC(=O)O[C@H]3[C@H](OC(=O)[C@H](O)[C@@H](NC(=O)OC(C)(C)C)c3ccccc3)C(C)=C1C4(C)C)[C@]1(OC(C)=O)CC[C@@H]1C[C@@H]2O. The highest BCUT2D eigenvalue weighted by Crippen LogP contribution is 2.69. The lowest BCUT2D eigenvalue weighted by atomic mass is 9.40. The van der Waals surface area contributed by atoms with Crippen LogP contribution in [0.25, 0.3) is 0 Å². The molecule has 334 valence electrons. The molecular weight excluding hydrogens is 806 g/mol. The van der Waals surface area contributed by atoms with E-state index in [4.69, 9.17) is 33.2 Å². The third-order valence-corrected chi connectivity index (χ3v) is 13.8. The number of aliphatic hydroxyl groups excluding tert-OH is 2. The van der Waals surface area contributed by atoms with Gasteiger partial charge in [-0.2, -0.15) is 0 Å². The number of alkyl carbamates (subject to hydrolysis) is 1. The van der Waals surface area contributed by atoms with Crippen LogP contribution in [0.5, 0.6) is 0 Å². The summed E-state index contributed by atoms with van der Waals surface area (Å²) in [4.78, 5) is 84.6. The first-order chi connectivity index (χ1) is 29.0. The van der Waals surface area contributed by atoms with E-state index in [1.54, 1.807) is 90.1 Å². The summed E-state index contributed by atoms with van der Waals surface area (Å²) < 4.78 is 43.0. The fourth-order valence-corrected chi connectivity index (χ4v) is 11.0. The lowest BCUT2D eigenvalue weighted by Crippen LogP contribution is -2.80. The Bertz CT molecular complexity index is 2170. The summed E-state index contributed by atoms with van der Waals surface area (Å²) in [6.45, 7) is 12.5. The number of ketones is 1. The van der Waals surface area contributed by atoms with Crippen LogP contribution in [0, 0.1) is 22.7 Å². The highest BCUT2D eigenvalue weighted by Gasteiger charge is 2.82. The number of nitrogens with one attached hydrogen (secondary N) is 1. The van der Waals surface area contributed by atoms with Gasteiger partial charge in [-0.25, -0.2) is 19.2 Å². The molecule has 3 N–H and O–H groups in total. The van der Waals surface area contributed by atoms with Crippen molar-refractivity contribution in [3.05, 3.63) is 82.9 Å². The quantitative estimate of drug-likeness (QED) is 0.170. The average molecular weight is 862 g/mol. The number of hydrogen-bond donors (Lipinski definition) is 3. The number of Topliss-reactive ketones (excluding diaryl/α,β-unsaturated/α-hetero) is 1. The Hall–Kier alpha value is -5.32. The third kappa shape index (κ3) is 6.94. The number of carbonyl (C=O) groups is 6. The van der Waals surface area contributed by atoms with E-state index < -0.39 is 118 Å². The van der Waals surface area contributed by atoms with Gasteiger partial charge < -0.3 is 48.7 Å². The Morgan fingerprint density at radius 1 is 0.952 bits per heavy atom. The Morgan fingerprint density at radius 3 is 2.15 bits per heavy atom. The number of esters is 3. The van der Waals surface area contributed by atoms with Gasteiger partial charge in [-0.1, -0.05) is 62.4 Å². The molecule has 2 aromatic carbocycles. The van der Waals surface area contributed by atoms with Gasteiger partial charge in [0.05, 0.1) is 29.0 Å². The molecule has 2 aromatic rings. The second-order valence-electron chi connectivity index (χ2n) is 18.7. The molecule has 4 fully saturated rings. The zero-order valence-corrected chi connectivity index (χ0v) is 36.3. The van der Waals surface area contributed by atoms with Gasteiger partial charge in [0.1, 0.15) is 17.3 Å². The maximum absolute atomic E-state index is 15.5. The van der Waals surface area contributed by atoms with Gasteiger partial charge in [0.15, 0.2) is 30.2 Å². The molecule has 2 bridgehead atoms. The first-order valence-electron chi connectivity index (χ1n) is 20.8. The Labute approximate surface area is 359 Å². The number of methoxy groups -OCH3 is 1.